The predicted octanol–water partition coefficient (Wildman–Crippen LogP) is 1.09. The van der Waals surface area contributed by atoms with Crippen molar-refractivity contribution < 1.29 is 9.53 Å². The summed E-state index contributed by atoms with van der Waals surface area (Å²) in [6, 6.07) is 0.253. The molecule has 1 N–H and O–H groups in total. The van der Waals surface area contributed by atoms with Crippen LogP contribution in [0.1, 0.15) is 38.1 Å². The van der Waals surface area contributed by atoms with Gasteiger partial charge in [0, 0.05) is 32.2 Å². The first-order valence-corrected chi connectivity index (χ1v) is 7.64. The third-order valence-corrected chi connectivity index (χ3v) is 4.20. The molecule has 1 saturated heterocycles. The average Bonchev–Trinajstić information content (AvgIpc) is 2.98. The number of amides is 2. The zero-order chi connectivity index (χ0) is 14.8. The van der Waals surface area contributed by atoms with Gasteiger partial charge in [0.1, 0.15) is 6.33 Å². The zero-order valence-corrected chi connectivity index (χ0v) is 12.7. The van der Waals surface area contributed by atoms with E-state index in [9.17, 15) is 4.79 Å². The molecule has 0 bridgehead atoms. The molecule has 2 amide bonds. The van der Waals surface area contributed by atoms with Crippen molar-refractivity contribution in [3.63, 3.8) is 0 Å². The molecular weight excluding hydrogens is 270 g/mol. The first kappa shape index (κ1) is 14.3. The summed E-state index contributed by atoms with van der Waals surface area (Å²) in [5.74, 6) is 1.24. The van der Waals surface area contributed by atoms with Gasteiger partial charge in [-0.2, -0.15) is 0 Å². The van der Waals surface area contributed by atoms with Crippen LogP contribution in [0.25, 0.3) is 0 Å². The molecule has 0 radical (unpaired) electrons. The molecule has 2 atom stereocenters. The lowest BCUT2D eigenvalue weighted by Crippen LogP contribution is -2.45. The molecule has 7 heteroatoms. The molecule has 0 aromatic carbocycles. The molecule has 1 aliphatic heterocycles. The molecule has 116 valence electrons. The van der Waals surface area contributed by atoms with Crippen molar-refractivity contribution in [2.45, 2.75) is 38.3 Å². The maximum Gasteiger partial charge on any atom is 0.318 e. The van der Waals surface area contributed by atoms with E-state index in [4.69, 9.17) is 4.74 Å². The number of aryl methyl sites for hydroxylation is 1. The highest BCUT2D eigenvalue weighted by molar-refractivity contribution is 5.75. The van der Waals surface area contributed by atoms with Crippen LogP contribution in [-0.4, -0.2) is 51.5 Å². The molecule has 1 aromatic rings. The normalized spacial score (nSPS) is 23.0. The van der Waals surface area contributed by atoms with Gasteiger partial charge in [-0.05, 0) is 26.2 Å². The number of carbonyl (C=O) groups excluding carboxylic acids is 1. The minimum Gasteiger partial charge on any atom is -0.381 e. The van der Waals surface area contributed by atoms with Gasteiger partial charge in [0.15, 0.2) is 5.82 Å². The largest absolute Gasteiger partial charge is 0.381 e. The van der Waals surface area contributed by atoms with Gasteiger partial charge in [0.2, 0.25) is 0 Å². The van der Waals surface area contributed by atoms with E-state index in [-0.39, 0.29) is 12.1 Å². The molecule has 3 rings (SSSR count). The summed E-state index contributed by atoms with van der Waals surface area (Å²) in [7, 11) is 1.88. The maximum absolute atomic E-state index is 12.5. The zero-order valence-electron chi connectivity index (χ0n) is 12.7. The topological polar surface area (TPSA) is 72.3 Å². The minimum absolute atomic E-state index is 0.0000926. The third kappa shape index (κ3) is 3.34. The Kier molecular flexibility index (Phi) is 4.10. The quantitative estimate of drug-likeness (QED) is 0.882. The Hall–Kier alpha value is -1.63. The van der Waals surface area contributed by atoms with Crippen molar-refractivity contribution in [3.8, 4) is 0 Å². The third-order valence-electron chi connectivity index (χ3n) is 4.20. The van der Waals surface area contributed by atoms with E-state index in [0.717, 1.165) is 44.8 Å². The average molecular weight is 293 g/mol. The van der Waals surface area contributed by atoms with Gasteiger partial charge in [0.05, 0.1) is 12.6 Å². The Morgan fingerprint density at radius 2 is 2.38 bits per heavy atom. The molecular formula is C14H23N5O2. The first-order valence-electron chi connectivity index (χ1n) is 7.64. The van der Waals surface area contributed by atoms with E-state index < -0.39 is 0 Å². The Labute approximate surface area is 124 Å². The number of aromatic nitrogens is 3. The fourth-order valence-electron chi connectivity index (χ4n) is 2.81. The van der Waals surface area contributed by atoms with E-state index in [1.54, 1.807) is 6.33 Å². The minimum atomic E-state index is -0.147. The molecule has 2 fully saturated rings. The van der Waals surface area contributed by atoms with Crippen LogP contribution in [0.5, 0.6) is 0 Å². The summed E-state index contributed by atoms with van der Waals surface area (Å²) in [6.45, 7) is 4.32. The summed E-state index contributed by atoms with van der Waals surface area (Å²) in [6.07, 6.45) is 4.92. The molecule has 7 nitrogen and oxygen atoms in total. The number of nitrogens with one attached hydrogen (secondary N) is 1. The van der Waals surface area contributed by atoms with Crippen LogP contribution in [0.4, 0.5) is 4.79 Å². The fourth-order valence-corrected chi connectivity index (χ4v) is 2.81. The van der Waals surface area contributed by atoms with Crippen LogP contribution in [0.2, 0.25) is 0 Å². The van der Waals surface area contributed by atoms with Crippen molar-refractivity contribution in [2.75, 3.05) is 19.8 Å². The van der Waals surface area contributed by atoms with Crippen molar-refractivity contribution in [1.82, 2.24) is 25.0 Å². The smallest absolute Gasteiger partial charge is 0.318 e. The molecule has 1 saturated carbocycles. The number of carbonyl (C=O) groups is 1. The standard InChI is InChI=1S/C14H23N5O2/c1-10(13-17-15-9-18(13)2)16-14(20)19(12-3-4-12)7-11-5-6-21-8-11/h9-12H,3-8H2,1-2H3,(H,16,20)/t10-,11+/m1/s1. The second kappa shape index (κ2) is 6.01. The molecule has 21 heavy (non-hydrogen) atoms. The molecule has 1 aromatic heterocycles. The molecule has 2 heterocycles. The van der Waals surface area contributed by atoms with E-state index in [1.807, 2.05) is 23.4 Å². The van der Waals surface area contributed by atoms with E-state index in [1.165, 1.54) is 0 Å². The number of hydrogen-bond acceptors (Lipinski definition) is 4. The van der Waals surface area contributed by atoms with E-state index in [0.29, 0.717) is 12.0 Å². The highest BCUT2D eigenvalue weighted by Crippen LogP contribution is 2.29. The predicted molar refractivity (Wildman–Crippen MR) is 76.6 cm³/mol. The molecule has 0 spiro atoms. The Balaban J connectivity index is 1.60. The summed E-state index contributed by atoms with van der Waals surface area (Å²) in [5.41, 5.74) is 0. The summed E-state index contributed by atoms with van der Waals surface area (Å²) in [5, 5.41) is 11.0. The van der Waals surface area contributed by atoms with E-state index >= 15 is 0 Å². The van der Waals surface area contributed by atoms with Gasteiger partial charge < -0.3 is 19.5 Å². The second-order valence-electron chi connectivity index (χ2n) is 6.08. The number of hydrogen-bond donors (Lipinski definition) is 1. The highest BCUT2D eigenvalue weighted by Gasteiger charge is 2.35. The maximum atomic E-state index is 12.5. The molecule has 0 unspecified atom stereocenters. The Morgan fingerprint density at radius 3 is 2.95 bits per heavy atom. The second-order valence-corrected chi connectivity index (χ2v) is 6.08. The van der Waals surface area contributed by atoms with Gasteiger partial charge in [-0.15, -0.1) is 10.2 Å². The highest BCUT2D eigenvalue weighted by atomic mass is 16.5. The van der Waals surface area contributed by atoms with Gasteiger partial charge in [-0.1, -0.05) is 0 Å². The van der Waals surface area contributed by atoms with Gasteiger partial charge >= 0.3 is 6.03 Å². The van der Waals surface area contributed by atoms with Crippen molar-refractivity contribution >= 4 is 6.03 Å². The van der Waals surface area contributed by atoms with Gasteiger partial charge in [-0.3, -0.25) is 0 Å². The van der Waals surface area contributed by atoms with Crippen LogP contribution in [0.15, 0.2) is 6.33 Å². The van der Waals surface area contributed by atoms with Crippen LogP contribution in [0.3, 0.4) is 0 Å². The van der Waals surface area contributed by atoms with Crippen LogP contribution in [0, 0.1) is 5.92 Å². The van der Waals surface area contributed by atoms with Gasteiger partial charge in [-0.25, -0.2) is 4.79 Å². The van der Waals surface area contributed by atoms with Crippen molar-refractivity contribution in [2.24, 2.45) is 13.0 Å². The lowest BCUT2D eigenvalue weighted by Gasteiger charge is -2.27. The van der Waals surface area contributed by atoms with Crippen LogP contribution >= 0.6 is 0 Å². The Morgan fingerprint density at radius 1 is 1.57 bits per heavy atom. The number of ether oxygens (including phenoxy) is 1. The number of urea groups is 1. The SMILES string of the molecule is C[C@@H](NC(=O)N(C[C@@H]1CCOC1)C1CC1)c1nncn1C. The first-order chi connectivity index (χ1) is 10.1. The lowest BCUT2D eigenvalue weighted by molar-refractivity contribution is 0.160. The number of rotatable bonds is 5. The molecule has 1 aliphatic carbocycles. The lowest BCUT2D eigenvalue weighted by atomic mass is 10.1. The van der Waals surface area contributed by atoms with Crippen LogP contribution in [-0.2, 0) is 11.8 Å². The van der Waals surface area contributed by atoms with E-state index in [2.05, 4.69) is 15.5 Å². The fraction of sp³-hybridized carbons (Fsp3) is 0.786. The Bertz CT molecular complexity index is 493. The monoisotopic (exact) mass is 293 g/mol. The summed E-state index contributed by atoms with van der Waals surface area (Å²) < 4.78 is 7.24. The number of nitrogens with zero attached hydrogens (tertiary/aromatic N) is 4. The van der Waals surface area contributed by atoms with Crippen molar-refractivity contribution in [3.05, 3.63) is 12.2 Å². The van der Waals surface area contributed by atoms with Crippen molar-refractivity contribution in [1.29, 1.82) is 0 Å². The summed E-state index contributed by atoms with van der Waals surface area (Å²) >= 11 is 0. The van der Waals surface area contributed by atoms with Crippen LogP contribution < -0.4 is 5.32 Å². The summed E-state index contributed by atoms with van der Waals surface area (Å²) in [4.78, 5) is 14.5. The van der Waals surface area contributed by atoms with Gasteiger partial charge in [0.25, 0.3) is 0 Å². The molecule has 2 aliphatic rings.